The molecule has 1 N–H and O–H groups in total. The third-order valence-corrected chi connectivity index (χ3v) is 4.80. The Morgan fingerprint density at radius 1 is 1.19 bits per heavy atom. The van der Waals surface area contributed by atoms with E-state index in [-0.39, 0.29) is 0 Å². The first-order chi connectivity index (χ1) is 10.3. The summed E-state index contributed by atoms with van der Waals surface area (Å²) in [7, 11) is 1.89. The Morgan fingerprint density at radius 3 is 2.57 bits per heavy atom. The average Bonchev–Trinajstić information content (AvgIpc) is 3.09. The number of thiazole rings is 1. The van der Waals surface area contributed by atoms with Gasteiger partial charge in [-0.05, 0) is 6.26 Å². The van der Waals surface area contributed by atoms with E-state index in [1.165, 1.54) is 0 Å². The molecule has 2 aromatic rings. The predicted octanol–water partition coefficient (Wildman–Crippen LogP) is 2.02. The molecule has 0 aliphatic carbocycles. The fraction of sp³-hybridized carbons (Fsp3) is 0.462. The van der Waals surface area contributed by atoms with Gasteiger partial charge >= 0.3 is 0 Å². The SMILES string of the molecule is CNc1cc(N2CCN(c3nccs3)CC2)nc(SC)n1. The maximum absolute atomic E-state index is 4.62. The molecule has 0 atom stereocenters. The van der Waals surface area contributed by atoms with Crippen LogP contribution >= 0.6 is 23.1 Å². The van der Waals surface area contributed by atoms with E-state index in [1.54, 1.807) is 23.1 Å². The van der Waals surface area contributed by atoms with Gasteiger partial charge in [0.15, 0.2) is 10.3 Å². The van der Waals surface area contributed by atoms with Gasteiger partial charge in [0.2, 0.25) is 0 Å². The Labute approximate surface area is 132 Å². The molecular weight excluding hydrogens is 304 g/mol. The van der Waals surface area contributed by atoms with Crippen LogP contribution in [-0.4, -0.2) is 54.4 Å². The number of hydrogen-bond acceptors (Lipinski definition) is 8. The molecule has 1 fully saturated rings. The second kappa shape index (κ2) is 6.48. The van der Waals surface area contributed by atoms with Crippen LogP contribution in [0.15, 0.2) is 22.8 Å². The molecule has 2 aromatic heterocycles. The fourth-order valence-electron chi connectivity index (χ4n) is 2.29. The average molecular weight is 322 g/mol. The normalized spacial score (nSPS) is 15.3. The van der Waals surface area contributed by atoms with Crippen LogP contribution in [0.3, 0.4) is 0 Å². The molecule has 3 rings (SSSR count). The first kappa shape index (κ1) is 14.4. The van der Waals surface area contributed by atoms with E-state index < -0.39 is 0 Å². The highest BCUT2D eigenvalue weighted by Crippen LogP contribution is 2.23. The molecule has 112 valence electrons. The lowest BCUT2D eigenvalue weighted by Crippen LogP contribution is -2.46. The van der Waals surface area contributed by atoms with Gasteiger partial charge in [-0.15, -0.1) is 11.3 Å². The summed E-state index contributed by atoms with van der Waals surface area (Å²) in [5.74, 6) is 1.86. The van der Waals surface area contributed by atoms with Crippen molar-refractivity contribution in [1.29, 1.82) is 0 Å². The van der Waals surface area contributed by atoms with E-state index in [1.807, 2.05) is 30.9 Å². The second-order valence-electron chi connectivity index (χ2n) is 4.64. The highest BCUT2D eigenvalue weighted by molar-refractivity contribution is 7.98. The van der Waals surface area contributed by atoms with Crippen LogP contribution in [-0.2, 0) is 0 Å². The summed E-state index contributed by atoms with van der Waals surface area (Å²) in [5.41, 5.74) is 0. The van der Waals surface area contributed by atoms with E-state index in [9.17, 15) is 0 Å². The molecule has 6 nitrogen and oxygen atoms in total. The largest absolute Gasteiger partial charge is 0.373 e. The third kappa shape index (κ3) is 3.21. The lowest BCUT2D eigenvalue weighted by Gasteiger charge is -2.35. The van der Waals surface area contributed by atoms with Gasteiger partial charge in [0, 0.05) is 50.9 Å². The van der Waals surface area contributed by atoms with Gasteiger partial charge in [0.05, 0.1) is 0 Å². The molecule has 3 heterocycles. The monoisotopic (exact) mass is 322 g/mol. The summed E-state index contributed by atoms with van der Waals surface area (Å²) in [6.07, 6.45) is 3.86. The highest BCUT2D eigenvalue weighted by Gasteiger charge is 2.20. The van der Waals surface area contributed by atoms with Crippen molar-refractivity contribution in [2.24, 2.45) is 0 Å². The number of piperazine rings is 1. The van der Waals surface area contributed by atoms with Gasteiger partial charge in [-0.3, -0.25) is 0 Å². The molecular formula is C13H18N6S2. The van der Waals surface area contributed by atoms with Crippen molar-refractivity contribution in [3.63, 3.8) is 0 Å². The van der Waals surface area contributed by atoms with Crippen molar-refractivity contribution in [2.75, 3.05) is 54.6 Å². The summed E-state index contributed by atoms with van der Waals surface area (Å²) in [4.78, 5) is 18.1. The zero-order chi connectivity index (χ0) is 14.7. The van der Waals surface area contributed by atoms with Gasteiger partial charge in [-0.2, -0.15) is 0 Å². The van der Waals surface area contributed by atoms with Gasteiger partial charge in [0.25, 0.3) is 0 Å². The quantitative estimate of drug-likeness (QED) is 0.682. The zero-order valence-electron chi connectivity index (χ0n) is 12.1. The standard InChI is InChI=1S/C13H18N6S2/c1-14-10-9-11(17-12(16-10)20-2)18-4-6-19(7-5-18)13-15-3-8-21-13/h3,8-9H,4-7H2,1-2H3,(H,14,16,17). The van der Waals surface area contributed by atoms with Crippen LogP contribution in [0.4, 0.5) is 16.8 Å². The van der Waals surface area contributed by atoms with Crippen molar-refractivity contribution in [1.82, 2.24) is 15.0 Å². The van der Waals surface area contributed by atoms with E-state index in [0.717, 1.165) is 48.1 Å². The van der Waals surface area contributed by atoms with Crippen LogP contribution in [0.5, 0.6) is 0 Å². The van der Waals surface area contributed by atoms with Crippen LogP contribution < -0.4 is 15.1 Å². The number of aromatic nitrogens is 3. The lowest BCUT2D eigenvalue weighted by molar-refractivity contribution is 0.642. The number of thioether (sulfide) groups is 1. The third-order valence-electron chi connectivity index (χ3n) is 3.42. The molecule has 0 saturated carbocycles. The second-order valence-corrected chi connectivity index (χ2v) is 6.28. The number of hydrogen-bond donors (Lipinski definition) is 1. The smallest absolute Gasteiger partial charge is 0.191 e. The molecule has 1 aliphatic rings. The summed E-state index contributed by atoms with van der Waals surface area (Å²) < 4.78 is 0. The molecule has 8 heteroatoms. The molecule has 0 spiro atoms. The van der Waals surface area contributed by atoms with Gasteiger partial charge in [-0.1, -0.05) is 11.8 Å². The van der Waals surface area contributed by atoms with E-state index in [4.69, 9.17) is 0 Å². The van der Waals surface area contributed by atoms with Gasteiger partial charge in [-0.25, -0.2) is 15.0 Å². The number of nitrogens with zero attached hydrogens (tertiary/aromatic N) is 5. The Kier molecular flexibility index (Phi) is 4.45. The zero-order valence-corrected chi connectivity index (χ0v) is 13.7. The van der Waals surface area contributed by atoms with Gasteiger partial charge < -0.3 is 15.1 Å². The number of rotatable bonds is 4. The van der Waals surface area contributed by atoms with E-state index in [0.29, 0.717) is 0 Å². The summed E-state index contributed by atoms with van der Waals surface area (Å²) in [5, 5.41) is 7.04. The van der Waals surface area contributed by atoms with Crippen molar-refractivity contribution in [3.8, 4) is 0 Å². The maximum Gasteiger partial charge on any atom is 0.191 e. The number of anilines is 3. The van der Waals surface area contributed by atoms with Crippen molar-refractivity contribution in [3.05, 3.63) is 17.6 Å². The van der Waals surface area contributed by atoms with Crippen LogP contribution in [0, 0.1) is 0 Å². The molecule has 0 aromatic carbocycles. The van der Waals surface area contributed by atoms with Crippen molar-refractivity contribution in [2.45, 2.75) is 5.16 Å². The molecule has 0 unspecified atom stereocenters. The molecule has 21 heavy (non-hydrogen) atoms. The minimum Gasteiger partial charge on any atom is -0.373 e. The summed E-state index contributed by atoms with van der Waals surface area (Å²) in [6, 6.07) is 2.01. The predicted molar refractivity (Wildman–Crippen MR) is 89.9 cm³/mol. The van der Waals surface area contributed by atoms with Crippen LogP contribution in [0.25, 0.3) is 0 Å². The Bertz CT molecular complexity index is 558. The number of nitrogens with one attached hydrogen (secondary N) is 1. The topological polar surface area (TPSA) is 57.2 Å². The first-order valence-corrected chi connectivity index (χ1v) is 8.91. The molecule has 0 amide bonds. The maximum atomic E-state index is 4.62. The molecule has 0 bridgehead atoms. The highest BCUT2D eigenvalue weighted by atomic mass is 32.2. The van der Waals surface area contributed by atoms with Crippen molar-refractivity contribution >= 4 is 39.9 Å². The van der Waals surface area contributed by atoms with Crippen molar-refractivity contribution < 1.29 is 0 Å². The molecule has 0 radical (unpaired) electrons. The Hall–Kier alpha value is -1.54. The molecule has 1 aliphatic heterocycles. The minimum atomic E-state index is 0.805. The summed E-state index contributed by atoms with van der Waals surface area (Å²) in [6.45, 7) is 3.85. The first-order valence-electron chi connectivity index (χ1n) is 6.80. The fourth-order valence-corrected chi connectivity index (χ4v) is 3.36. The van der Waals surface area contributed by atoms with E-state index >= 15 is 0 Å². The Balaban J connectivity index is 1.71. The Morgan fingerprint density at radius 2 is 1.95 bits per heavy atom. The molecule has 1 saturated heterocycles. The lowest BCUT2D eigenvalue weighted by atomic mass is 10.3. The summed E-state index contributed by atoms with van der Waals surface area (Å²) >= 11 is 3.26. The minimum absolute atomic E-state index is 0.805. The van der Waals surface area contributed by atoms with Gasteiger partial charge in [0.1, 0.15) is 11.6 Å². The van der Waals surface area contributed by atoms with Crippen LogP contribution in [0.1, 0.15) is 0 Å². The van der Waals surface area contributed by atoms with Crippen LogP contribution in [0.2, 0.25) is 0 Å². The van der Waals surface area contributed by atoms with E-state index in [2.05, 4.69) is 30.1 Å².